The summed E-state index contributed by atoms with van der Waals surface area (Å²) in [7, 11) is 0. The highest BCUT2D eigenvalue weighted by Gasteiger charge is 2.48. The highest BCUT2D eigenvalue weighted by molar-refractivity contribution is 5.90. The second kappa shape index (κ2) is 18.4. The number of phenols is 5. The van der Waals surface area contributed by atoms with E-state index in [-0.39, 0.29) is 28.0 Å². The molecule has 22 nitrogen and oxygen atoms in total. The Morgan fingerprint density at radius 2 is 1.21 bits per heavy atom. The molecule has 2 fully saturated rings. The van der Waals surface area contributed by atoms with Crippen LogP contribution in [-0.2, 0) is 33.3 Å². The lowest BCUT2D eigenvalue weighted by Crippen LogP contribution is -2.60. The number of esters is 2. The number of phenolic OH excluding ortho intramolecular Hbond substituents is 5. The third kappa shape index (κ3) is 10.1. The molecule has 2 saturated heterocycles. The fourth-order valence-electron chi connectivity index (χ4n) is 6.16. The Labute approximate surface area is 342 Å². The second-order valence-electron chi connectivity index (χ2n) is 13.7. The van der Waals surface area contributed by atoms with Crippen LogP contribution in [0.3, 0.4) is 0 Å². The third-order valence-corrected chi connectivity index (χ3v) is 9.35. The number of carbonyl (C=O) groups excluding carboxylic acids is 2. The summed E-state index contributed by atoms with van der Waals surface area (Å²) in [6.45, 7) is -1.47. The molecular weight excluding hydrogens is 820 g/mol. The van der Waals surface area contributed by atoms with Crippen molar-refractivity contribution >= 4 is 35.0 Å². The minimum atomic E-state index is -2.02. The van der Waals surface area contributed by atoms with Crippen LogP contribution in [0.1, 0.15) is 12.0 Å². The highest BCUT2D eigenvalue weighted by Crippen LogP contribution is 2.45. The molecule has 10 atom stereocenters. The van der Waals surface area contributed by atoms with E-state index in [4.69, 9.17) is 37.9 Å². The number of rotatable bonds is 13. The minimum Gasteiger partial charge on any atom is -0.508 e. The zero-order chi connectivity index (χ0) is 44.3. The Hall–Kier alpha value is -6.50. The Kier molecular flexibility index (Phi) is 13.3. The monoisotopic (exact) mass is 859 g/mol. The van der Waals surface area contributed by atoms with Crippen molar-refractivity contribution in [2.24, 2.45) is 0 Å². The average molecular weight is 860 g/mol. The van der Waals surface area contributed by atoms with Gasteiger partial charge in [-0.05, 0) is 23.8 Å². The molecule has 0 amide bonds. The maximum Gasteiger partial charge on any atom is 0.402 e. The molecule has 2 aliphatic rings. The van der Waals surface area contributed by atoms with E-state index in [1.54, 1.807) is 0 Å². The zero-order valence-corrected chi connectivity index (χ0v) is 31.2. The minimum absolute atomic E-state index is 0.00234. The lowest BCUT2D eigenvalue weighted by atomic mass is 9.99. The van der Waals surface area contributed by atoms with Crippen molar-refractivity contribution in [1.82, 2.24) is 0 Å². The number of aliphatic hydroxyl groups is 6. The SMILES string of the molecule is O=C(O)CC(=O)OCC1O[C@@H](Oc2cc(O)cc3[o+]c(-c4cc(O)c(O)c(O)c4)c(O[C@@H]4OC(COC(=O)C=Cc5ccc(O)cc5)[C@H](O)C(O)C4O)cc23)C(O)[C@@H](O)[C@@H]1O. The van der Waals surface area contributed by atoms with Gasteiger partial charge in [-0.3, -0.25) is 9.59 Å². The summed E-state index contributed by atoms with van der Waals surface area (Å²) in [6.07, 6.45) is -17.2. The molecule has 61 heavy (non-hydrogen) atoms. The number of ether oxygens (including phenoxy) is 6. The number of aromatic hydroxyl groups is 5. The summed E-state index contributed by atoms with van der Waals surface area (Å²) in [5, 5.41) is 124. The summed E-state index contributed by atoms with van der Waals surface area (Å²) >= 11 is 0. The van der Waals surface area contributed by atoms with Crippen LogP contribution >= 0.6 is 0 Å². The zero-order valence-electron chi connectivity index (χ0n) is 31.2. The molecule has 326 valence electrons. The molecule has 12 N–H and O–H groups in total. The number of fused-ring (bicyclic) bond motifs is 1. The normalized spacial score (nSPS) is 26.5. The van der Waals surface area contributed by atoms with Gasteiger partial charge < -0.3 is 89.7 Å². The fraction of sp³-hybridized carbons (Fsp3) is 0.333. The van der Waals surface area contributed by atoms with E-state index in [0.717, 1.165) is 36.4 Å². The first-order valence-corrected chi connectivity index (χ1v) is 18.0. The van der Waals surface area contributed by atoms with E-state index in [1.165, 1.54) is 30.3 Å². The number of benzene rings is 3. The van der Waals surface area contributed by atoms with Gasteiger partial charge in [0, 0.05) is 30.3 Å². The standard InChI is InChI=1S/C39H38O22/c40-17-4-1-15(2-5-17)3-6-28(46)55-13-25-31(49)34(52)36(54)39(61-25)59-24-11-19-22(57-37(24)16-7-20(42)30(48)21(43)8-16)9-18(41)10-23(19)58-38-35(53)33(51)32(50)26(60-38)14-56-29(47)12-27(44)45/h1-11,25-26,31-36,38-39,49-54H,12-14H2,(H5-,40,41,42,43,44,45,46,48)/p+1/t25?,26?,31-,32+,33-,34?,35?,36?,38+,39+/m0/s1. The van der Waals surface area contributed by atoms with Crippen LogP contribution in [0.5, 0.6) is 40.2 Å². The molecule has 3 heterocycles. The van der Waals surface area contributed by atoms with Crippen molar-refractivity contribution in [3.63, 3.8) is 0 Å². The summed E-state index contributed by atoms with van der Waals surface area (Å²) in [5.74, 6) is -7.96. The predicted octanol–water partition coefficient (Wildman–Crippen LogP) is -0.444. The van der Waals surface area contributed by atoms with Gasteiger partial charge in [-0.15, -0.1) is 0 Å². The topological polar surface area (TPSA) is 361 Å². The predicted molar refractivity (Wildman–Crippen MR) is 199 cm³/mol. The van der Waals surface area contributed by atoms with Crippen molar-refractivity contribution in [3.8, 4) is 51.6 Å². The van der Waals surface area contributed by atoms with Crippen molar-refractivity contribution in [2.45, 2.75) is 67.8 Å². The molecule has 1 aromatic heterocycles. The first-order chi connectivity index (χ1) is 28.9. The maximum atomic E-state index is 12.5. The molecule has 0 radical (unpaired) electrons. The quantitative estimate of drug-likeness (QED) is 0.0266. The van der Waals surface area contributed by atoms with Crippen LogP contribution in [0.25, 0.3) is 28.4 Å². The summed E-state index contributed by atoms with van der Waals surface area (Å²) in [6, 6.07) is 10.9. The van der Waals surface area contributed by atoms with E-state index >= 15 is 0 Å². The number of aliphatic carboxylic acids is 1. The molecule has 0 spiro atoms. The first kappa shape index (κ1) is 44.1. The molecule has 4 aromatic rings. The van der Waals surface area contributed by atoms with Gasteiger partial charge in [0.05, 0.1) is 11.6 Å². The summed E-state index contributed by atoms with van der Waals surface area (Å²) in [5.41, 5.74) is 0.0857. The maximum absolute atomic E-state index is 12.5. The van der Waals surface area contributed by atoms with Crippen LogP contribution in [0, 0.1) is 0 Å². The van der Waals surface area contributed by atoms with E-state index < -0.39 is 133 Å². The molecule has 3 aromatic carbocycles. The lowest BCUT2D eigenvalue weighted by Gasteiger charge is -2.40. The lowest BCUT2D eigenvalue weighted by molar-refractivity contribution is -0.278. The Morgan fingerprint density at radius 3 is 1.79 bits per heavy atom. The largest absolute Gasteiger partial charge is 0.508 e. The van der Waals surface area contributed by atoms with Crippen molar-refractivity contribution in [1.29, 1.82) is 0 Å². The van der Waals surface area contributed by atoms with E-state index in [0.29, 0.717) is 5.56 Å². The molecular formula is C39H39O22+. The van der Waals surface area contributed by atoms with Gasteiger partial charge in [0.1, 0.15) is 91.1 Å². The average Bonchev–Trinajstić information content (AvgIpc) is 3.21. The smallest absolute Gasteiger partial charge is 0.402 e. The van der Waals surface area contributed by atoms with E-state index in [9.17, 15) is 70.6 Å². The van der Waals surface area contributed by atoms with Crippen LogP contribution < -0.4 is 9.47 Å². The van der Waals surface area contributed by atoms with Crippen LogP contribution in [0.15, 0.2) is 65.1 Å². The Balaban J connectivity index is 1.31. The molecule has 0 saturated carbocycles. The summed E-state index contributed by atoms with van der Waals surface area (Å²) < 4.78 is 39.1. The molecule has 2 aliphatic heterocycles. The molecule has 0 bridgehead atoms. The van der Waals surface area contributed by atoms with Gasteiger partial charge in [-0.2, -0.15) is 0 Å². The number of carbonyl (C=O) groups is 3. The van der Waals surface area contributed by atoms with Gasteiger partial charge in [-0.1, -0.05) is 12.1 Å². The summed E-state index contributed by atoms with van der Waals surface area (Å²) in [4.78, 5) is 35.2. The highest BCUT2D eigenvalue weighted by atomic mass is 16.7. The van der Waals surface area contributed by atoms with Crippen LogP contribution in [-0.4, -0.2) is 154 Å². The Bertz CT molecular complexity index is 2250. The first-order valence-electron chi connectivity index (χ1n) is 18.0. The number of carboxylic acid groups (broad SMARTS) is 1. The van der Waals surface area contributed by atoms with Crippen LogP contribution in [0.4, 0.5) is 0 Å². The Morgan fingerprint density at radius 1 is 0.656 bits per heavy atom. The number of aliphatic hydroxyl groups excluding tert-OH is 6. The van der Waals surface area contributed by atoms with Gasteiger partial charge >= 0.3 is 29.3 Å². The molecule has 22 heteroatoms. The van der Waals surface area contributed by atoms with Gasteiger partial charge in [-0.25, -0.2) is 9.21 Å². The van der Waals surface area contributed by atoms with Gasteiger partial charge in [0.25, 0.3) is 0 Å². The van der Waals surface area contributed by atoms with Gasteiger partial charge in [0.2, 0.25) is 18.3 Å². The van der Waals surface area contributed by atoms with Gasteiger partial charge in [0.15, 0.2) is 17.2 Å². The van der Waals surface area contributed by atoms with E-state index in [2.05, 4.69) is 0 Å². The third-order valence-electron chi connectivity index (χ3n) is 9.35. The van der Waals surface area contributed by atoms with Crippen LogP contribution in [0.2, 0.25) is 0 Å². The molecule has 0 aliphatic carbocycles. The van der Waals surface area contributed by atoms with Crippen molar-refractivity contribution in [3.05, 3.63) is 66.2 Å². The van der Waals surface area contributed by atoms with Crippen molar-refractivity contribution in [2.75, 3.05) is 13.2 Å². The van der Waals surface area contributed by atoms with E-state index in [1.807, 2.05) is 0 Å². The molecule has 5 unspecified atom stereocenters. The molecule has 6 rings (SSSR count). The number of hydrogen-bond acceptors (Lipinski definition) is 20. The fourth-order valence-corrected chi connectivity index (χ4v) is 6.16. The number of carboxylic acids is 1. The number of hydrogen-bond donors (Lipinski definition) is 12. The second-order valence-corrected chi connectivity index (χ2v) is 13.7. The van der Waals surface area contributed by atoms with Crippen molar-refractivity contribution < 1.29 is 109 Å².